The van der Waals surface area contributed by atoms with Gasteiger partial charge >= 0.3 is 5.97 Å². The lowest BCUT2D eigenvalue weighted by Gasteiger charge is -2.24. The first-order valence-electron chi connectivity index (χ1n) is 10.5. The zero-order valence-electron chi connectivity index (χ0n) is 18.3. The minimum Gasteiger partial charge on any atom is -0.465 e. The Morgan fingerprint density at radius 2 is 1.69 bits per heavy atom. The molecule has 1 aliphatic rings. The van der Waals surface area contributed by atoms with Gasteiger partial charge in [0, 0.05) is 30.8 Å². The number of likely N-dealkylation sites (N-methyl/N-ethyl adjacent to an activating group) is 1. The summed E-state index contributed by atoms with van der Waals surface area (Å²) in [6, 6.07) is 10.2. The van der Waals surface area contributed by atoms with Crippen molar-refractivity contribution in [3.05, 3.63) is 47.5 Å². The van der Waals surface area contributed by atoms with E-state index in [4.69, 9.17) is 19.2 Å². The van der Waals surface area contributed by atoms with Crippen LogP contribution in [0.15, 0.2) is 36.4 Å². The van der Waals surface area contributed by atoms with Crippen molar-refractivity contribution in [3.8, 4) is 11.5 Å². The number of carbonyl (C=O) groups excluding carboxylic acids is 2. The highest BCUT2D eigenvalue weighted by Crippen LogP contribution is 2.40. The van der Waals surface area contributed by atoms with Gasteiger partial charge in [0.05, 0.1) is 22.9 Å². The Balaban J connectivity index is 1.66. The lowest BCUT2D eigenvalue weighted by Crippen LogP contribution is -2.38. The Morgan fingerprint density at radius 3 is 2.34 bits per heavy atom. The maximum absolute atomic E-state index is 13.5. The number of thiazole rings is 1. The van der Waals surface area contributed by atoms with E-state index in [1.165, 1.54) is 18.4 Å². The monoisotopic (exact) mass is 455 g/mol. The number of hydrogen-bond acceptors (Lipinski definition) is 8. The first-order valence-corrected chi connectivity index (χ1v) is 11.3. The number of hydrogen-bond donors (Lipinski definition) is 0. The molecule has 0 aliphatic carbocycles. The van der Waals surface area contributed by atoms with Crippen LogP contribution in [0.25, 0.3) is 10.2 Å². The van der Waals surface area contributed by atoms with E-state index in [2.05, 4.69) is 18.7 Å². The molecular formula is C23H25N3O5S. The van der Waals surface area contributed by atoms with Crippen LogP contribution in [0.3, 0.4) is 0 Å². The first kappa shape index (κ1) is 22.0. The number of ether oxygens (including phenoxy) is 3. The van der Waals surface area contributed by atoms with Gasteiger partial charge in [-0.25, -0.2) is 9.78 Å². The van der Waals surface area contributed by atoms with Crippen molar-refractivity contribution < 1.29 is 23.8 Å². The Labute approximate surface area is 190 Å². The molecule has 0 spiro atoms. The van der Waals surface area contributed by atoms with Crippen LogP contribution >= 0.6 is 11.3 Å². The van der Waals surface area contributed by atoms with E-state index in [0.717, 1.165) is 29.9 Å². The maximum atomic E-state index is 13.5. The summed E-state index contributed by atoms with van der Waals surface area (Å²) < 4.78 is 16.6. The van der Waals surface area contributed by atoms with Crippen LogP contribution in [0.5, 0.6) is 11.5 Å². The highest BCUT2D eigenvalue weighted by Gasteiger charge is 2.24. The fraction of sp³-hybridized carbons (Fsp3) is 0.348. The van der Waals surface area contributed by atoms with Crippen LogP contribution in [0.1, 0.15) is 34.6 Å². The third-order valence-corrected chi connectivity index (χ3v) is 6.48. The molecule has 3 aromatic rings. The number of aromatic nitrogens is 1. The van der Waals surface area contributed by atoms with E-state index in [9.17, 15) is 9.59 Å². The summed E-state index contributed by atoms with van der Waals surface area (Å²) in [5, 5.41) is 0.609. The summed E-state index contributed by atoms with van der Waals surface area (Å²) in [4.78, 5) is 33.9. The molecule has 0 atom stereocenters. The molecule has 0 saturated heterocycles. The zero-order valence-corrected chi connectivity index (χ0v) is 19.1. The lowest BCUT2D eigenvalue weighted by atomic mass is 10.1. The molecule has 1 aliphatic heterocycles. The second-order valence-electron chi connectivity index (χ2n) is 7.22. The van der Waals surface area contributed by atoms with Crippen LogP contribution in [-0.4, -0.2) is 61.8 Å². The Morgan fingerprint density at radius 1 is 1.03 bits per heavy atom. The molecule has 168 valence electrons. The molecule has 9 heteroatoms. The van der Waals surface area contributed by atoms with E-state index in [0.29, 0.717) is 34.3 Å². The summed E-state index contributed by atoms with van der Waals surface area (Å²) in [6.07, 6.45) is 0. The minimum atomic E-state index is -0.439. The number of amides is 1. The van der Waals surface area contributed by atoms with Gasteiger partial charge in [-0.1, -0.05) is 25.2 Å². The number of anilines is 1. The molecule has 0 N–H and O–H groups in total. The summed E-state index contributed by atoms with van der Waals surface area (Å²) in [6.45, 7) is 7.40. The molecule has 2 heterocycles. The van der Waals surface area contributed by atoms with Crippen molar-refractivity contribution in [2.75, 3.05) is 45.0 Å². The number of nitrogens with zero attached hydrogens (tertiary/aromatic N) is 3. The van der Waals surface area contributed by atoms with Crippen molar-refractivity contribution in [2.24, 2.45) is 0 Å². The van der Waals surface area contributed by atoms with Gasteiger partial charge in [0.25, 0.3) is 5.91 Å². The highest BCUT2D eigenvalue weighted by molar-refractivity contribution is 7.22. The third-order valence-electron chi connectivity index (χ3n) is 5.43. The van der Waals surface area contributed by atoms with Crippen LogP contribution in [0.4, 0.5) is 5.13 Å². The molecule has 1 amide bonds. The molecule has 8 nitrogen and oxygen atoms in total. The maximum Gasteiger partial charge on any atom is 0.337 e. The average Bonchev–Trinajstić information content (AvgIpc) is 3.45. The summed E-state index contributed by atoms with van der Waals surface area (Å²) in [5.74, 6) is 0.736. The van der Waals surface area contributed by atoms with Crippen molar-refractivity contribution in [3.63, 3.8) is 0 Å². The molecule has 0 fully saturated rings. The standard InChI is InChI=1S/C23H25N3O5S/c1-4-25(5-2)10-11-26(21(27)15-6-8-16(9-7-15)22(28)29-3)23-24-17-12-18-19(31-14-30-18)13-20(17)32-23/h6-9,12-13H,4-5,10-11,14H2,1-3H3. The average molecular weight is 456 g/mol. The second kappa shape index (κ2) is 9.54. The number of methoxy groups -OCH3 is 1. The molecule has 0 radical (unpaired) electrons. The number of benzene rings is 2. The highest BCUT2D eigenvalue weighted by atomic mass is 32.1. The van der Waals surface area contributed by atoms with Crippen LogP contribution in [-0.2, 0) is 4.74 Å². The normalized spacial score (nSPS) is 12.4. The van der Waals surface area contributed by atoms with Crippen molar-refractivity contribution >= 4 is 38.6 Å². The summed E-state index contributed by atoms with van der Waals surface area (Å²) in [5.41, 5.74) is 1.63. The van der Waals surface area contributed by atoms with Gasteiger partial charge in [0.1, 0.15) is 0 Å². The van der Waals surface area contributed by atoms with Crippen molar-refractivity contribution in [1.29, 1.82) is 0 Å². The largest absolute Gasteiger partial charge is 0.465 e. The summed E-state index contributed by atoms with van der Waals surface area (Å²) in [7, 11) is 1.33. The van der Waals surface area contributed by atoms with Gasteiger partial charge in [-0.15, -0.1) is 0 Å². The van der Waals surface area contributed by atoms with Gasteiger partial charge in [-0.05, 0) is 37.4 Å². The molecule has 0 bridgehead atoms. The smallest absolute Gasteiger partial charge is 0.337 e. The number of fused-ring (bicyclic) bond motifs is 2. The van der Waals surface area contributed by atoms with Gasteiger partial charge in [-0.2, -0.15) is 0 Å². The number of esters is 1. The topological polar surface area (TPSA) is 81.2 Å². The van der Waals surface area contributed by atoms with E-state index in [1.807, 2.05) is 12.1 Å². The van der Waals surface area contributed by atoms with Crippen molar-refractivity contribution in [2.45, 2.75) is 13.8 Å². The second-order valence-corrected chi connectivity index (χ2v) is 8.23. The molecule has 0 saturated carbocycles. The molecular weight excluding hydrogens is 430 g/mol. The van der Waals surface area contributed by atoms with Gasteiger partial charge in [-0.3, -0.25) is 9.69 Å². The fourth-order valence-electron chi connectivity index (χ4n) is 3.51. The zero-order chi connectivity index (χ0) is 22.7. The molecule has 0 unspecified atom stereocenters. The predicted octanol–water partition coefficient (Wildman–Crippen LogP) is 3.80. The molecule has 1 aromatic heterocycles. The Hall–Kier alpha value is -3.17. The number of carbonyl (C=O) groups is 2. The van der Waals surface area contributed by atoms with E-state index >= 15 is 0 Å². The van der Waals surface area contributed by atoms with Crippen molar-refractivity contribution in [1.82, 2.24) is 9.88 Å². The molecule has 4 rings (SSSR count). The number of rotatable bonds is 8. The molecule has 2 aromatic carbocycles. The summed E-state index contributed by atoms with van der Waals surface area (Å²) >= 11 is 1.44. The lowest BCUT2D eigenvalue weighted by molar-refractivity contribution is 0.0600. The van der Waals surface area contributed by atoms with Gasteiger partial charge < -0.3 is 19.1 Å². The SMILES string of the molecule is CCN(CC)CCN(C(=O)c1ccc(C(=O)OC)cc1)c1nc2cc3c(cc2s1)OCO3. The molecule has 32 heavy (non-hydrogen) atoms. The van der Waals surface area contributed by atoms with Crippen LogP contribution in [0.2, 0.25) is 0 Å². The van der Waals surface area contributed by atoms with E-state index < -0.39 is 5.97 Å². The predicted molar refractivity (Wildman–Crippen MR) is 123 cm³/mol. The fourth-order valence-corrected chi connectivity index (χ4v) is 4.51. The minimum absolute atomic E-state index is 0.173. The third kappa shape index (κ3) is 4.39. The van der Waals surface area contributed by atoms with Crippen LogP contribution in [0, 0.1) is 0 Å². The Kier molecular flexibility index (Phi) is 6.57. The van der Waals surface area contributed by atoms with Gasteiger partial charge in [0.15, 0.2) is 16.6 Å². The first-order chi connectivity index (χ1) is 15.5. The van der Waals surface area contributed by atoms with Gasteiger partial charge in [0.2, 0.25) is 6.79 Å². The van der Waals surface area contributed by atoms with Crippen LogP contribution < -0.4 is 14.4 Å². The van der Waals surface area contributed by atoms with E-state index in [1.54, 1.807) is 29.2 Å². The van der Waals surface area contributed by atoms with E-state index in [-0.39, 0.29) is 12.7 Å². The quantitative estimate of drug-likeness (QED) is 0.478. The Bertz CT molecular complexity index is 1080.